The van der Waals surface area contributed by atoms with Gasteiger partial charge in [0.05, 0.1) is 5.56 Å². The van der Waals surface area contributed by atoms with Gasteiger partial charge < -0.3 is 5.32 Å². The van der Waals surface area contributed by atoms with Crippen LogP contribution >= 0.6 is 11.3 Å². The highest BCUT2D eigenvalue weighted by Crippen LogP contribution is 2.35. The molecule has 102 valence electrons. The Hall–Kier alpha value is -1.56. The molecule has 2 aromatic rings. The van der Waals surface area contributed by atoms with Crippen LogP contribution in [0.4, 0.5) is 24.0 Å². The fourth-order valence-corrected chi connectivity index (χ4v) is 2.27. The minimum absolute atomic E-state index is 0.00948. The molecule has 19 heavy (non-hydrogen) atoms. The van der Waals surface area contributed by atoms with Gasteiger partial charge in [0.15, 0.2) is 5.13 Å². The molecule has 0 atom stereocenters. The van der Waals surface area contributed by atoms with E-state index in [4.69, 9.17) is 0 Å². The molecule has 0 unspecified atom stereocenters. The van der Waals surface area contributed by atoms with Crippen molar-refractivity contribution in [2.45, 2.75) is 25.9 Å². The first kappa shape index (κ1) is 13.9. The molecule has 0 radical (unpaired) electrons. The zero-order valence-electron chi connectivity index (χ0n) is 10.5. The van der Waals surface area contributed by atoms with E-state index in [1.54, 1.807) is 6.20 Å². The molecule has 1 aromatic carbocycles. The van der Waals surface area contributed by atoms with Crippen molar-refractivity contribution in [3.8, 4) is 0 Å². The van der Waals surface area contributed by atoms with Gasteiger partial charge in [-0.1, -0.05) is 13.8 Å². The Kier molecular flexibility index (Phi) is 3.80. The highest BCUT2D eigenvalue weighted by atomic mass is 32.1. The van der Waals surface area contributed by atoms with E-state index >= 15 is 0 Å². The Morgan fingerprint density at radius 2 is 2.00 bits per heavy atom. The molecule has 2 nitrogen and oxygen atoms in total. The van der Waals surface area contributed by atoms with Gasteiger partial charge in [-0.2, -0.15) is 13.2 Å². The molecule has 0 spiro atoms. The molecule has 1 N–H and O–H groups in total. The summed E-state index contributed by atoms with van der Waals surface area (Å²) in [5, 5.41) is 5.53. The highest BCUT2D eigenvalue weighted by molar-refractivity contribution is 7.13. The molecular weight excluding hydrogens is 273 g/mol. The Morgan fingerprint density at radius 3 is 2.53 bits per heavy atom. The van der Waals surface area contributed by atoms with Crippen LogP contribution in [0.5, 0.6) is 0 Å². The summed E-state index contributed by atoms with van der Waals surface area (Å²) in [5.41, 5.74) is 0.670. The number of nitrogens with zero attached hydrogens (tertiary/aromatic N) is 1. The molecule has 1 heterocycles. The second-order valence-electron chi connectivity index (χ2n) is 4.42. The largest absolute Gasteiger partial charge is 0.416 e. The predicted molar refractivity (Wildman–Crippen MR) is 70.9 cm³/mol. The van der Waals surface area contributed by atoms with Crippen LogP contribution in [0.25, 0.3) is 0 Å². The fraction of sp³-hybridized carbons (Fsp3) is 0.308. The van der Waals surface area contributed by atoms with Gasteiger partial charge in [-0.15, -0.1) is 11.3 Å². The molecule has 2 rings (SSSR count). The highest BCUT2D eigenvalue weighted by Gasteiger charge is 2.31. The van der Waals surface area contributed by atoms with Gasteiger partial charge in [0.25, 0.3) is 0 Å². The van der Waals surface area contributed by atoms with E-state index in [0.29, 0.717) is 16.4 Å². The lowest BCUT2D eigenvalue weighted by molar-refractivity contribution is -0.137. The van der Waals surface area contributed by atoms with Crippen molar-refractivity contribution in [3.05, 3.63) is 40.9 Å². The summed E-state index contributed by atoms with van der Waals surface area (Å²) < 4.78 is 38.1. The Balaban J connectivity index is 2.38. The quantitative estimate of drug-likeness (QED) is 0.856. The van der Waals surface area contributed by atoms with E-state index < -0.39 is 11.7 Å². The molecule has 6 heteroatoms. The van der Waals surface area contributed by atoms with Crippen LogP contribution in [0, 0.1) is 0 Å². The van der Waals surface area contributed by atoms with E-state index in [9.17, 15) is 13.2 Å². The monoisotopic (exact) mass is 286 g/mol. The number of nitrogens with one attached hydrogen (secondary N) is 1. The summed E-state index contributed by atoms with van der Waals surface area (Å²) in [6.45, 7) is 3.73. The van der Waals surface area contributed by atoms with Gasteiger partial charge in [-0.25, -0.2) is 4.98 Å². The maximum Gasteiger partial charge on any atom is 0.416 e. The number of rotatable bonds is 3. The number of anilines is 2. The second-order valence-corrected chi connectivity index (χ2v) is 5.31. The van der Waals surface area contributed by atoms with Crippen LogP contribution in [0.15, 0.2) is 29.8 Å². The minimum Gasteiger partial charge on any atom is -0.331 e. The van der Waals surface area contributed by atoms with Crippen molar-refractivity contribution in [2.24, 2.45) is 0 Å². The molecule has 0 saturated carbocycles. The van der Waals surface area contributed by atoms with Crippen LogP contribution < -0.4 is 5.32 Å². The lowest BCUT2D eigenvalue weighted by Crippen LogP contribution is -2.07. The van der Waals surface area contributed by atoms with Crippen molar-refractivity contribution in [3.63, 3.8) is 0 Å². The summed E-state index contributed by atoms with van der Waals surface area (Å²) in [4.78, 5) is 4.07. The summed E-state index contributed by atoms with van der Waals surface area (Å²) in [6.07, 6.45) is -2.67. The van der Waals surface area contributed by atoms with Crippen molar-refractivity contribution >= 4 is 22.2 Å². The third-order valence-corrected chi connectivity index (χ3v) is 3.36. The zero-order valence-corrected chi connectivity index (χ0v) is 11.3. The molecule has 0 bridgehead atoms. The van der Waals surface area contributed by atoms with Gasteiger partial charge in [0, 0.05) is 17.3 Å². The van der Waals surface area contributed by atoms with E-state index in [2.05, 4.69) is 10.3 Å². The standard InChI is InChI=1S/C13H13F3N2S/c1-8(2)10-7-9(13(14,15)16)3-4-11(10)18-12-17-5-6-19-12/h3-8H,1-2H3,(H,17,18). The molecule has 0 fully saturated rings. The van der Waals surface area contributed by atoms with Crippen molar-refractivity contribution in [2.75, 3.05) is 5.32 Å². The number of hydrogen-bond donors (Lipinski definition) is 1. The predicted octanol–water partition coefficient (Wildman–Crippen LogP) is 5.03. The Morgan fingerprint density at radius 1 is 1.26 bits per heavy atom. The second kappa shape index (κ2) is 5.21. The van der Waals surface area contributed by atoms with E-state index in [1.807, 2.05) is 19.2 Å². The number of aromatic nitrogens is 1. The zero-order chi connectivity index (χ0) is 14.0. The molecule has 0 aliphatic heterocycles. The molecule has 0 amide bonds. The third kappa shape index (κ3) is 3.26. The average molecular weight is 286 g/mol. The first-order valence-corrected chi connectivity index (χ1v) is 6.63. The number of halogens is 3. The lowest BCUT2D eigenvalue weighted by Gasteiger charge is -2.16. The van der Waals surface area contributed by atoms with Gasteiger partial charge >= 0.3 is 6.18 Å². The molecular formula is C13H13F3N2S. The lowest BCUT2D eigenvalue weighted by atomic mass is 9.98. The normalized spacial score (nSPS) is 11.9. The Bertz CT molecular complexity index is 548. The molecule has 0 aliphatic carbocycles. The number of hydrogen-bond acceptors (Lipinski definition) is 3. The summed E-state index contributed by atoms with van der Waals surface area (Å²) in [7, 11) is 0. The van der Waals surface area contributed by atoms with Crippen LogP contribution in [-0.2, 0) is 6.18 Å². The third-order valence-electron chi connectivity index (χ3n) is 2.67. The smallest absolute Gasteiger partial charge is 0.331 e. The fourth-order valence-electron chi connectivity index (χ4n) is 1.73. The number of alkyl halides is 3. The van der Waals surface area contributed by atoms with Crippen molar-refractivity contribution < 1.29 is 13.2 Å². The van der Waals surface area contributed by atoms with E-state index in [-0.39, 0.29) is 5.92 Å². The number of benzene rings is 1. The summed E-state index contributed by atoms with van der Waals surface area (Å²) in [6, 6.07) is 3.74. The first-order valence-electron chi connectivity index (χ1n) is 5.75. The maximum atomic E-state index is 12.7. The van der Waals surface area contributed by atoms with Crippen LogP contribution in [0.1, 0.15) is 30.9 Å². The topological polar surface area (TPSA) is 24.9 Å². The van der Waals surface area contributed by atoms with Gasteiger partial charge in [0.1, 0.15) is 0 Å². The van der Waals surface area contributed by atoms with Crippen LogP contribution in [0.2, 0.25) is 0 Å². The van der Waals surface area contributed by atoms with Gasteiger partial charge in [-0.05, 0) is 29.7 Å². The SMILES string of the molecule is CC(C)c1cc(C(F)(F)F)ccc1Nc1nccs1. The number of thiazole rings is 1. The van der Waals surface area contributed by atoms with Gasteiger partial charge in [-0.3, -0.25) is 0 Å². The first-order chi connectivity index (χ1) is 8.88. The molecule has 1 aromatic heterocycles. The van der Waals surface area contributed by atoms with E-state index in [0.717, 1.165) is 6.07 Å². The van der Waals surface area contributed by atoms with E-state index in [1.165, 1.54) is 23.5 Å². The maximum absolute atomic E-state index is 12.7. The molecule has 0 saturated heterocycles. The average Bonchev–Trinajstić information content (AvgIpc) is 2.80. The minimum atomic E-state index is -4.32. The van der Waals surface area contributed by atoms with Crippen molar-refractivity contribution in [1.82, 2.24) is 4.98 Å². The van der Waals surface area contributed by atoms with Gasteiger partial charge in [0.2, 0.25) is 0 Å². The summed E-state index contributed by atoms with van der Waals surface area (Å²) in [5.74, 6) is -0.00948. The van der Waals surface area contributed by atoms with Crippen LogP contribution in [-0.4, -0.2) is 4.98 Å². The molecule has 0 aliphatic rings. The summed E-state index contributed by atoms with van der Waals surface area (Å²) >= 11 is 1.40. The Labute approximate surface area is 113 Å². The van der Waals surface area contributed by atoms with Crippen LogP contribution in [0.3, 0.4) is 0 Å². The van der Waals surface area contributed by atoms with Crippen molar-refractivity contribution in [1.29, 1.82) is 0 Å².